The summed E-state index contributed by atoms with van der Waals surface area (Å²) in [5.74, 6) is 0.685. The van der Waals surface area contributed by atoms with Crippen LogP contribution in [0.4, 0.5) is 0 Å². The van der Waals surface area contributed by atoms with E-state index < -0.39 is 0 Å². The SMILES string of the molecule is CC(C)CCCCNC(=O)c1ccc(Cl)c(Br)c1. The molecule has 0 atom stereocenters. The Hall–Kier alpha value is -0.540. The normalized spacial score (nSPS) is 10.7. The highest BCUT2D eigenvalue weighted by Gasteiger charge is 2.06. The van der Waals surface area contributed by atoms with Crippen LogP contribution in [0.25, 0.3) is 0 Å². The van der Waals surface area contributed by atoms with E-state index in [0.29, 0.717) is 10.6 Å². The van der Waals surface area contributed by atoms with Crippen molar-refractivity contribution in [3.05, 3.63) is 33.3 Å². The number of unbranched alkanes of at least 4 members (excludes halogenated alkanes) is 1. The quantitative estimate of drug-likeness (QED) is 0.754. The molecule has 0 fully saturated rings. The van der Waals surface area contributed by atoms with Crippen LogP contribution in [-0.2, 0) is 0 Å². The number of rotatable bonds is 6. The molecule has 0 aliphatic heterocycles. The molecule has 2 nitrogen and oxygen atoms in total. The summed E-state index contributed by atoms with van der Waals surface area (Å²) < 4.78 is 0.747. The van der Waals surface area contributed by atoms with Gasteiger partial charge >= 0.3 is 0 Å². The third kappa shape index (κ3) is 5.40. The summed E-state index contributed by atoms with van der Waals surface area (Å²) in [6, 6.07) is 5.20. The molecular formula is C14H19BrClNO. The van der Waals surface area contributed by atoms with Crippen LogP contribution in [0, 0.1) is 5.92 Å². The molecule has 100 valence electrons. The molecule has 1 amide bonds. The number of amides is 1. The topological polar surface area (TPSA) is 29.1 Å². The Morgan fingerprint density at radius 3 is 2.72 bits per heavy atom. The first-order chi connectivity index (χ1) is 8.50. The van der Waals surface area contributed by atoms with E-state index in [1.807, 2.05) is 0 Å². The molecule has 4 heteroatoms. The highest BCUT2D eigenvalue weighted by Crippen LogP contribution is 2.23. The predicted octanol–water partition coefficient (Wildman–Crippen LogP) is 4.66. The van der Waals surface area contributed by atoms with Crippen LogP contribution < -0.4 is 5.32 Å². The Bertz CT molecular complexity index is 407. The standard InChI is InChI=1S/C14H19BrClNO/c1-10(2)5-3-4-8-17-14(18)11-6-7-13(16)12(15)9-11/h6-7,9-10H,3-5,8H2,1-2H3,(H,17,18). The second-order valence-electron chi connectivity index (χ2n) is 4.77. The second kappa shape index (κ2) is 7.80. The van der Waals surface area contributed by atoms with E-state index in [-0.39, 0.29) is 5.91 Å². The van der Waals surface area contributed by atoms with Crippen molar-refractivity contribution >= 4 is 33.4 Å². The monoisotopic (exact) mass is 331 g/mol. The number of hydrogen-bond donors (Lipinski definition) is 1. The van der Waals surface area contributed by atoms with Crippen molar-refractivity contribution < 1.29 is 4.79 Å². The lowest BCUT2D eigenvalue weighted by Gasteiger charge is -2.07. The number of benzene rings is 1. The molecular weight excluding hydrogens is 314 g/mol. The minimum atomic E-state index is -0.0445. The molecule has 0 radical (unpaired) electrons. The van der Waals surface area contributed by atoms with Gasteiger partial charge in [0.05, 0.1) is 5.02 Å². The van der Waals surface area contributed by atoms with Gasteiger partial charge in [-0.15, -0.1) is 0 Å². The van der Waals surface area contributed by atoms with Gasteiger partial charge in [-0.1, -0.05) is 38.3 Å². The molecule has 0 spiro atoms. The van der Waals surface area contributed by atoms with Crippen molar-refractivity contribution in [3.63, 3.8) is 0 Å². The Morgan fingerprint density at radius 2 is 2.11 bits per heavy atom. The van der Waals surface area contributed by atoms with E-state index >= 15 is 0 Å². The maximum atomic E-state index is 11.8. The summed E-state index contributed by atoms with van der Waals surface area (Å²) in [6.07, 6.45) is 3.39. The summed E-state index contributed by atoms with van der Waals surface area (Å²) >= 11 is 9.19. The number of carbonyl (C=O) groups is 1. The lowest BCUT2D eigenvalue weighted by atomic mass is 10.1. The number of halogens is 2. The summed E-state index contributed by atoms with van der Waals surface area (Å²) in [6.45, 7) is 5.15. The molecule has 1 N–H and O–H groups in total. The molecule has 1 aromatic rings. The van der Waals surface area contributed by atoms with Crippen molar-refractivity contribution in [2.45, 2.75) is 33.1 Å². The van der Waals surface area contributed by atoms with E-state index in [1.165, 1.54) is 6.42 Å². The van der Waals surface area contributed by atoms with Gasteiger partial charge in [-0.05, 0) is 46.5 Å². The van der Waals surface area contributed by atoms with E-state index in [1.54, 1.807) is 18.2 Å². The molecule has 0 saturated carbocycles. The Morgan fingerprint density at radius 1 is 1.39 bits per heavy atom. The van der Waals surface area contributed by atoms with Gasteiger partial charge in [-0.3, -0.25) is 4.79 Å². The van der Waals surface area contributed by atoms with E-state index in [4.69, 9.17) is 11.6 Å². The first kappa shape index (κ1) is 15.5. The third-order valence-electron chi connectivity index (χ3n) is 2.68. The summed E-state index contributed by atoms with van der Waals surface area (Å²) in [5, 5.41) is 3.53. The zero-order valence-electron chi connectivity index (χ0n) is 10.8. The molecule has 0 aromatic heterocycles. The molecule has 0 bridgehead atoms. The van der Waals surface area contributed by atoms with Crippen LogP contribution in [0.1, 0.15) is 43.5 Å². The fourth-order valence-corrected chi connectivity index (χ4v) is 2.12. The fraction of sp³-hybridized carbons (Fsp3) is 0.500. The average molecular weight is 333 g/mol. The number of hydrogen-bond acceptors (Lipinski definition) is 1. The van der Waals surface area contributed by atoms with Crippen LogP contribution in [0.2, 0.25) is 5.02 Å². The molecule has 0 saturated heterocycles. The van der Waals surface area contributed by atoms with E-state index in [9.17, 15) is 4.79 Å². The minimum Gasteiger partial charge on any atom is -0.352 e. The van der Waals surface area contributed by atoms with Gasteiger partial charge in [0.25, 0.3) is 5.91 Å². The zero-order chi connectivity index (χ0) is 13.5. The van der Waals surface area contributed by atoms with Crippen LogP contribution in [0.15, 0.2) is 22.7 Å². The predicted molar refractivity (Wildman–Crippen MR) is 80.2 cm³/mol. The van der Waals surface area contributed by atoms with Crippen LogP contribution >= 0.6 is 27.5 Å². The van der Waals surface area contributed by atoms with Gasteiger partial charge in [-0.25, -0.2) is 0 Å². The molecule has 0 aliphatic rings. The second-order valence-corrected chi connectivity index (χ2v) is 6.04. The molecule has 18 heavy (non-hydrogen) atoms. The van der Waals surface area contributed by atoms with Crippen molar-refractivity contribution in [1.82, 2.24) is 5.32 Å². The first-order valence-corrected chi connectivity index (χ1v) is 7.41. The third-order valence-corrected chi connectivity index (χ3v) is 3.89. The molecule has 0 unspecified atom stereocenters. The maximum Gasteiger partial charge on any atom is 0.251 e. The first-order valence-electron chi connectivity index (χ1n) is 6.24. The summed E-state index contributed by atoms with van der Waals surface area (Å²) in [7, 11) is 0. The molecule has 0 aliphatic carbocycles. The van der Waals surface area contributed by atoms with Gasteiger partial charge in [0.1, 0.15) is 0 Å². The largest absolute Gasteiger partial charge is 0.352 e. The lowest BCUT2D eigenvalue weighted by Crippen LogP contribution is -2.24. The molecule has 1 aromatic carbocycles. The van der Waals surface area contributed by atoms with Crippen molar-refractivity contribution in [3.8, 4) is 0 Å². The van der Waals surface area contributed by atoms with Gasteiger partial charge in [0.15, 0.2) is 0 Å². The summed E-state index contributed by atoms with van der Waals surface area (Å²) in [5.41, 5.74) is 0.634. The van der Waals surface area contributed by atoms with Gasteiger partial charge in [-0.2, -0.15) is 0 Å². The van der Waals surface area contributed by atoms with Crippen molar-refractivity contribution in [2.75, 3.05) is 6.54 Å². The Kier molecular flexibility index (Phi) is 6.72. The maximum absolute atomic E-state index is 11.8. The van der Waals surface area contributed by atoms with Crippen LogP contribution in [0.3, 0.4) is 0 Å². The van der Waals surface area contributed by atoms with Gasteiger partial charge in [0, 0.05) is 16.6 Å². The summed E-state index contributed by atoms with van der Waals surface area (Å²) in [4.78, 5) is 11.8. The molecule has 1 rings (SSSR count). The zero-order valence-corrected chi connectivity index (χ0v) is 13.1. The van der Waals surface area contributed by atoms with Crippen molar-refractivity contribution in [2.24, 2.45) is 5.92 Å². The van der Waals surface area contributed by atoms with Crippen LogP contribution in [0.5, 0.6) is 0 Å². The number of nitrogens with one attached hydrogen (secondary N) is 1. The smallest absolute Gasteiger partial charge is 0.251 e. The fourth-order valence-electron chi connectivity index (χ4n) is 1.62. The van der Waals surface area contributed by atoms with Gasteiger partial charge < -0.3 is 5.32 Å². The Balaban J connectivity index is 2.34. The highest BCUT2D eigenvalue weighted by molar-refractivity contribution is 9.10. The minimum absolute atomic E-state index is 0.0445. The average Bonchev–Trinajstić information content (AvgIpc) is 2.31. The van der Waals surface area contributed by atoms with Crippen molar-refractivity contribution in [1.29, 1.82) is 0 Å². The Labute approximate surface area is 122 Å². The number of carbonyl (C=O) groups excluding carboxylic acids is 1. The van der Waals surface area contributed by atoms with Crippen LogP contribution in [-0.4, -0.2) is 12.5 Å². The van der Waals surface area contributed by atoms with E-state index in [0.717, 1.165) is 29.8 Å². The van der Waals surface area contributed by atoms with E-state index in [2.05, 4.69) is 35.1 Å². The lowest BCUT2D eigenvalue weighted by molar-refractivity contribution is 0.0953. The highest BCUT2D eigenvalue weighted by atomic mass is 79.9. The molecule has 0 heterocycles. The van der Waals surface area contributed by atoms with Gasteiger partial charge in [0.2, 0.25) is 0 Å².